The lowest BCUT2D eigenvalue weighted by Gasteiger charge is -2.24. The molecule has 0 saturated carbocycles. The maximum atomic E-state index is 13.1. The van der Waals surface area contributed by atoms with Crippen LogP contribution in [0.25, 0.3) is 5.57 Å². The molecular weight excluding hydrogens is 428 g/mol. The van der Waals surface area contributed by atoms with Crippen molar-refractivity contribution in [3.8, 4) is 0 Å². The maximum absolute atomic E-state index is 13.1. The van der Waals surface area contributed by atoms with Crippen LogP contribution < -0.4 is 11.0 Å². The Hall–Kier alpha value is -2.67. The van der Waals surface area contributed by atoms with Crippen LogP contribution in [0.4, 0.5) is 4.39 Å². The van der Waals surface area contributed by atoms with Gasteiger partial charge in [0.2, 0.25) is 5.78 Å². The molecule has 8 heteroatoms. The number of hydrogen-bond acceptors (Lipinski definition) is 3. The van der Waals surface area contributed by atoms with Gasteiger partial charge in [0.25, 0.3) is 0 Å². The van der Waals surface area contributed by atoms with Crippen molar-refractivity contribution in [3.05, 3.63) is 98.4 Å². The Morgan fingerprint density at radius 3 is 2.47 bits per heavy atom. The number of halogens is 3. The number of carbonyl (C=O) groups is 1. The van der Waals surface area contributed by atoms with Crippen molar-refractivity contribution in [1.82, 2.24) is 15.3 Å². The standard InChI is InChI=1S/C22H19ClFN3O2.ClH/c23-16-5-1-13(2-6-16)15-9-10-25-18(11-15)12-19-20(27-22(29)26-19)21(28)14-3-7-17(24)8-4-14;/h1-9,18,25H,10-12H2,(H2,26,27,29);1H. The van der Waals surface area contributed by atoms with Gasteiger partial charge < -0.3 is 15.3 Å². The summed E-state index contributed by atoms with van der Waals surface area (Å²) in [6, 6.07) is 13.0. The average Bonchev–Trinajstić information content (AvgIpc) is 3.09. The number of imidazole rings is 1. The minimum absolute atomic E-state index is 0. The second kappa shape index (κ2) is 9.43. The van der Waals surface area contributed by atoms with Crippen LogP contribution in [-0.4, -0.2) is 28.3 Å². The lowest BCUT2D eigenvalue weighted by Crippen LogP contribution is -2.35. The molecule has 0 aliphatic carbocycles. The topological polar surface area (TPSA) is 77.8 Å². The Morgan fingerprint density at radius 1 is 1.07 bits per heavy atom. The molecule has 0 bridgehead atoms. The molecule has 1 unspecified atom stereocenters. The van der Waals surface area contributed by atoms with Crippen molar-refractivity contribution in [2.45, 2.75) is 18.9 Å². The second-order valence-electron chi connectivity index (χ2n) is 7.02. The summed E-state index contributed by atoms with van der Waals surface area (Å²) in [4.78, 5) is 30.0. The van der Waals surface area contributed by atoms with Gasteiger partial charge in [-0.3, -0.25) is 4.79 Å². The highest BCUT2D eigenvalue weighted by molar-refractivity contribution is 6.30. The van der Waals surface area contributed by atoms with Crippen LogP contribution in [0.2, 0.25) is 5.02 Å². The van der Waals surface area contributed by atoms with Gasteiger partial charge in [0.05, 0.1) is 0 Å². The summed E-state index contributed by atoms with van der Waals surface area (Å²) in [7, 11) is 0. The molecule has 0 spiro atoms. The van der Waals surface area contributed by atoms with Crippen LogP contribution in [0, 0.1) is 5.82 Å². The lowest BCUT2D eigenvalue weighted by molar-refractivity contribution is 0.103. The number of nitrogens with one attached hydrogen (secondary N) is 3. The quantitative estimate of drug-likeness (QED) is 0.514. The number of carbonyl (C=O) groups excluding carboxylic acids is 1. The van der Waals surface area contributed by atoms with E-state index in [1.807, 2.05) is 24.3 Å². The van der Waals surface area contributed by atoms with Crippen LogP contribution >= 0.6 is 24.0 Å². The van der Waals surface area contributed by atoms with E-state index in [1.165, 1.54) is 29.8 Å². The molecule has 1 atom stereocenters. The van der Waals surface area contributed by atoms with E-state index in [0.29, 0.717) is 29.2 Å². The number of hydrogen-bond donors (Lipinski definition) is 3. The minimum Gasteiger partial charge on any atom is -0.310 e. The summed E-state index contributed by atoms with van der Waals surface area (Å²) in [6.45, 7) is 0.693. The summed E-state index contributed by atoms with van der Waals surface area (Å²) >= 11 is 5.97. The summed E-state index contributed by atoms with van der Waals surface area (Å²) in [5, 5.41) is 4.09. The first-order chi connectivity index (χ1) is 14.0. The van der Waals surface area contributed by atoms with E-state index >= 15 is 0 Å². The van der Waals surface area contributed by atoms with E-state index in [0.717, 1.165) is 12.0 Å². The number of rotatable bonds is 5. The summed E-state index contributed by atoms with van der Waals surface area (Å²) in [5.74, 6) is -0.764. The smallest absolute Gasteiger partial charge is 0.310 e. The first-order valence-electron chi connectivity index (χ1n) is 9.29. The summed E-state index contributed by atoms with van der Waals surface area (Å²) in [5.41, 5.74) is 2.93. The third kappa shape index (κ3) is 4.90. The zero-order valence-electron chi connectivity index (χ0n) is 15.9. The number of benzene rings is 2. The van der Waals surface area contributed by atoms with Gasteiger partial charge in [-0.1, -0.05) is 29.8 Å². The molecule has 3 N–H and O–H groups in total. The van der Waals surface area contributed by atoms with Crippen molar-refractivity contribution >= 4 is 35.4 Å². The fourth-order valence-corrected chi connectivity index (χ4v) is 3.70. The number of H-pyrrole nitrogens is 2. The Bertz CT molecular complexity index is 1120. The number of ketones is 1. The molecule has 2 aromatic carbocycles. The average molecular weight is 448 g/mol. The van der Waals surface area contributed by atoms with E-state index in [9.17, 15) is 14.0 Å². The highest BCUT2D eigenvalue weighted by Crippen LogP contribution is 2.25. The van der Waals surface area contributed by atoms with Crippen molar-refractivity contribution in [3.63, 3.8) is 0 Å². The van der Waals surface area contributed by atoms with Crippen LogP contribution in [0.5, 0.6) is 0 Å². The molecule has 2 heterocycles. The Morgan fingerprint density at radius 2 is 1.77 bits per heavy atom. The number of aromatic amines is 2. The number of aromatic nitrogens is 2. The molecule has 30 heavy (non-hydrogen) atoms. The van der Waals surface area contributed by atoms with Crippen LogP contribution in [0.1, 0.15) is 33.7 Å². The van der Waals surface area contributed by atoms with Crippen molar-refractivity contribution < 1.29 is 9.18 Å². The highest BCUT2D eigenvalue weighted by Gasteiger charge is 2.22. The summed E-state index contributed by atoms with van der Waals surface area (Å²) in [6.07, 6.45) is 3.36. The lowest BCUT2D eigenvalue weighted by atomic mass is 9.92. The fraction of sp³-hybridized carbons (Fsp3) is 0.182. The predicted octanol–water partition coefficient (Wildman–Crippen LogP) is 4.14. The third-order valence-electron chi connectivity index (χ3n) is 5.03. The molecule has 1 aliphatic rings. The normalized spacial score (nSPS) is 15.9. The highest BCUT2D eigenvalue weighted by atomic mass is 35.5. The van der Waals surface area contributed by atoms with E-state index in [1.54, 1.807) is 0 Å². The molecule has 0 saturated heterocycles. The molecule has 1 aliphatic heterocycles. The van der Waals surface area contributed by atoms with E-state index < -0.39 is 11.5 Å². The summed E-state index contributed by atoms with van der Waals surface area (Å²) < 4.78 is 13.1. The first-order valence-corrected chi connectivity index (χ1v) is 9.67. The second-order valence-corrected chi connectivity index (χ2v) is 7.45. The van der Waals surface area contributed by atoms with E-state index in [4.69, 9.17) is 11.6 Å². The maximum Gasteiger partial charge on any atom is 0.323 e. The monoisotopic (exact) mass is 447 g/mol. The van der Waals surface area contributed by atoms with Gasteiger partial charge in [0.15, 0.2) is 0 Å². The van der Waals surface area contributed by atoms with Gasteiger partial charge in [0.1, 0.15) is 11.5 Å². The molecule has 1 aromatic heterocycles. The van der Waals surface area contributed by atoms with Crippen LogP contribution in [-0.2, 0) is 6.42 Å². The Kier molecular flexibility index (Phi) is 6.92. The Balaban J connectivity index is 0.00000256. The predicted molar refractivity (Wildman–Crippen MR) is 118 cm³/mol. The van der Waals surface area contributed by atoms with Gasteiger partial charge in [-0.05, 0) is 54.0 Å². The molecular formula is C22H20Cl2FN3O2. The van der Waals surface area contributed by atoms with Crippen molar-refractivity contribution in [2.75, 3.05) is 6.54 Å². The molecule has 0 radical (unpaired) electrons. The van der Waals surface area contributed by atoms with Gasteiger partial charge in [-0.2, -0.15) is 0 Å². The van der Waals surface area contributed by atoms with E-state index in [-0.39, 0.29) is 29.9 Å². The fourth-order valence-electron chi connectivity index (χ4n) is 3.57. The van der Waals surface area contributed by atoms with Gasteiger partial charge >= 0.3 is 5.69 Å². The first kappa shape index (κ1) is 22.0. The SMILES string of the molecule is Cl.O=C(c1ccc(F)cc1)c1[nH]c(=O)[nH]c1CC1CC(c2ccc(Cl)cc2)=CCN1. The molecule has 0 fully saturated rings. The van der Waals surface area contributed by atoms with Gasteiger partial charge in [0, 0.05) is 35.3 Å². The zero-order valence-corrected chi connectivity index (χ0v) is 17.4. The Labute approximate surface area is 183 Å². The van der Waals surface area contributed by atoms with Gasteiger partial charge in [-0.25, -0.2) is 9.18 Å². The molecule has 156 valence electrons. The van der Waals surface area contributed by atoms with Crippen LogP contribution in [0.3, 0.4) is 0 Å². The third-order valence-corrected chi connectivity index (χ3v) is 5.28. The molecule has 3 aromatic rings. The minimum atomic E-state index is -0.435. The van der Waals surface area contributed by atoms with E-state index in [2.05, 4.69) is 21.4 Å². The van der Waals surface area contributed by atoms with Crippen molar-refractivity contribution in [1.29, 1.82) is 0 Å². The molecule has 0 amide bonds. The molecule has 4 rings (SSSR count). The van der Waals surface area contributed by atoms with Crippen LogP contribution in [0.15, 0.2) is 59.4 Å². The largest absolute Gasteiger partial charge is 0.323 e. The zero-order chi connectivity index (χ0) is 20.4. The van der Waals surface area contributed by atoms with Crippen molar-refractivity contribution in [2.24, 2.45) is 0 Å². The van der Waals surface area contributed by atoms with Gasteiger partial charge in [-0.15, -0.1) is 12.4 Å². The molecule has 5 nitrogen and oxygen atoms in total.